The van der Waals surface area contributed by atoms with Crippen molar-refractivity contribution >= 4 is 27.6 Å². The van der Waals surface area contributed by atoms with Crippen molar-refractivity contribution in [3.05, 3.63) is 54.1 Å². The molecule has 0 saturated carbocycles. The number of benzene rings is 2. The SMILES string of the molecule is COc1ccc(NS(=O)(=O)c2cccc(C(=O)O[C@H]3CCOC3=O)c2)cc1. The first-order valence-corrected chi connectivity index (χ1v) is 9.52. The van der Waals surface area contributed by atoms with E-state index in [-0.39, 0.29) is 23.5 Å². The van der Waals surface area contributed by atoms with Gasteiger partial charge < -0.3 is 14.2 Å². The van der Waals surface area contributed by atoms with Crippen LogP contribution in [-0.2, 0) is 24.3 Å². The number of ether oxygens (including phenoxy) is 3. The van der Waals surface area contributed by atoms with Crippen molar-refractivity contribution in [3.8, 4) is 5.75 Å². The molecule has 1 atom stereocenters. The van der Waals surface area contributed by atoms with Crippen molar-refractivity contribution in [1.82, 2.24) is 0 Å². The lowest BCUT2D eigenvalue weighted by molar-refractivity contribution is -0.145. The summed E-state index contributed by atoms with van der Waals surface area (Å²) >= 11 is 0. The van der Waals surface area contributed by atoms with E-state index in [9.17, 15) is 18.0 Å². The molecule has 8 nitrogen and oxygen atoms in total. The average Bonchev–Trinajstić information content (AvgIpc) is 3.07. The fraction of sp³-hybridized carbons (Fsp3) is 0.222. The van der Waals surface area contributed by atoms with E-state index >= 15 is 0 Å². The maximum Gasteiger partial charge on any atom is 0.347 e. The summed E-state index contributed by atoms with van der Waals surface area (Å²) < 4.78 is 42.4. The van der Waals surface area contributed by atoms with Crippen LogP contribution in [0.3, 0.4) is 0 Å². The Balaban J connectivity index is 1.76. The lowest BCUT2D eigenvalue weighted by atomic mass is 10.2. The summed E-state index contributed by atoms with van der Waals surface area (Å²) in [4.78, 5) is 23.5. The van der Waals surface area contributed by atoms with Crippen LogP contribution in [-0.4, -0.2) is 40.2 Å². The highest BCUT2D eigenvalue weighted by Crippen LogP contribution is 2.21. The number of cyclic esters (lactones) is 1. The minimum atomic E-state index is -3.92. The van der Waals surface area contributed by atoms with Gasteiger partial charge in [0.25, 0.3) is 10.0 Å². The van der Waals surface area contributed by atoms with Crippen LogP contribution >= 0.6 is 0 Å². The Morgan fingerprint density at radius 2 is 1.93 bits per heavy atom. The molecule has 1 aliphatic heterocycles. The maximum absolute atomic E-state index is 12.6. The highest BCUT2D eigenvalue weighted by molar-refractivity contribution is 7.92. The molecule has 3 rings (SSSR count). The number of methoxy groups -OCH3 is 1. The van der Waals surface area contributed by atoms with E-state index in [2.05, 4.69) is 4.72 Å². The van der Waals surface area contributed by atoms with Gasteiger partial charge in [-0.1, -0.05) is 6.07 Å². The third-order valence-corrected chi connectivity index (χ3v) is 5.24. The van der Waals surface area contributed by atoms with Crippen molar-refractivity contribution in [2.75, 3.05) is 18.4 Å². The summed E-state index contributed by atoms with van der Waals surface area (Å²) in [5.41, 5.74) is 0.366. The fourth-order valence-corrected chi connectivity index (χ4v) is 3.55. The number of carbonyl (C=O) groups is 2. The summed E-state index contributed by atoms with van der Waals surface area (Å²) in [6, 6.07) is 11.7. The molecule has 27 heavy (non-hydrogen) atoms. The van der Waals surface area contributed by atoms with Crippen LogP contribution in [0.2, 0.25) is 0 Å². The second-order valence-corrected chi connectivity index (χ2v) is 7.39. The van der Waals surface area contributed by atoms with Gasteiger partial charge in [0.2, 0.25) is 6.10 Å². The van der Waals surface area contributed by atoms with Crippen LogP contribution in [0, 0.1) is 0 Å². The van der Waals surface area contributed by atoms with Gasteiger partial charge in [0.15, 0.2) is 0 Å². The maximum atomic E-state index is 12.6. The standard InChI is InChI=1S/C18H17NO7S/c1-24-14-7-5-13(6-8-14)19-27(22,23)15-4-2-3-12(11-15)17(20)26-16-9-10-25-18(16)21/h2-8,11,16,19H,9-10H2,1H3/t16-/m0/s1. The zero-order chi connectivity index (χ0) is 19.4. The third-order valence-electron chi connectivity index (χ3n) is 3.86. The molecule has 9 heteroatoms. The van der Waals surface area contributed by atoms with E-state index in [1.54, 1.807) is 24.3 Å². The number of carbonyl (C=O) groups excluding carboxylic acids is 2. The molecular weight excluding hydrogens is 374 g/mol. The molecule has 0 unspecified atom stereocenters. The smallest absolute Gasteiger partial charge is 0.347 e. The second-order valence-electron chi connectivity index (χ2n) is 5.71. The number of sulfonamides is 1. The zero-order valence-electron chi connectivity index (χ0n) is 14.4. The predicted octanol–water partition coefficient (Wildman–Crippen LogP) is 1.97. The van der Waals surface area contributed by atoms with Crippen LogP contribution < -0.4 is 9.46 Å². The van der Waals surface area contributed by atoms with Crippen molar-refractivity contribution < 1.29 is 32.2 Å². The van der Waals surface area contributed by atoms with Crippen molar-refractivity contribution in [3.63, 3.8) is 0 Å². The van der Waals surface area contributed by atoms with Gasteiger partial charge in [0, 0.05) is 12.1 Å². The molecular formula is C18H17NO7S. The minimum Gasteiger partial charge on any atom is -0.497 e. The number of hydrogen-bond acceptors (Lipinski definition) is 7. The zero-order valence-corrected chi connectivity index (χ0v) is 15.2. The lowest BCUT2D eigenvalue weighted by Gasteiger charge is -2.11. The Labute approximate surface area is 156 Å². The number of anilines is 1. The Hall–Kier alpha value is -3.07. The first-order chi connectivity index (χ1) is 12.9. The quantitative estimate of drug-likeness (QED) is 0.750. The fourth-order valence-electron chi connectivity index (χ4n) is 2.45. The topological polar surface area (TPSA) is 108 Å². The number of nitrogens with one attached hydrogen (secondary N) is 1. The molecule has 1 fully saturated rings. The largest absolute Gasteiger partial charge is 0.497 e. The molecule has 2 aromatic carbocycles. The highest BCUT2D eigenvalue weighted by Gasteiger charge is 2.30. The number of hydrogen-bond donors (Lipinski definition) is 1. The van der Waals surface area contributed by atoms with Gasteiger partial charge in [0.05, 0.1) is 24.2 Å². The first-order valence-electron chi connectivity index (χ1n) is 8.03. The molecule has 0 radical (unpaired) electrons. The normalized spacial score (nSPS) is 16.5. The lowest BCUT2D eigenvalue weighted by Crippen LogP contribution is -2.23. The molecule has 0 amide bonds. The summed E-state index contributed by atoms with van der Waals surface area (Å²) in [6.45, 7) is 0.191. The van der Waals surface area contributed by atoms with E-state index in [0.717, 1.165) is 0 Å². The second kappa shape index (κ2) is 7.67. The van der Waals surface area contributed by atoms with E-state index in [4.69, 9.17) is 14.2 Å². The van der Waals surface area contributed by atoms with Gasteiger partial charge in [0.1, 0.15) is 5.75 Å². The Morgan fingerprint density at radius 3 is 2.56 bits per heavy atom. The van der Waals surface area contributed by atoms with E-state index in [0.29, 0.717) is 11.4 Å². The molecule has 0 aliphatic carbocycles. The van der Waals surface area contributed by atoms with Gasteiger partial charge >= 0.3 is 11.9 Å². The molecule has 0 bridgehead atoms. The highest BCUT2D eigenvalue weighted by atomic mass is 32.2. The van der Waals surface area contributed by atoms with Crippen molar-refractivity contribution in [2.24, 2.45) is 0 Å². The van der Waals surface area contributed by atoms with Gasteiger partial charge in [-0.2, -0.15) is 0 Å². The first kappa shape index (κ1) is 18.7. The van der Waals surface area contributed by atoms with Gasteiger partial charge in [-0.15, -0.1) is 0 Å². The molecule has 1 N–H and O–H groups in total. The van der Waals surface area contributed by atoms with Crippen LogP contribution in [0.4, 0.5) is 5.69 Å². The van der Waals surface area contributed by atoms with E-state index < -0.39 is 28.1 Å². The molecule has 0 aromatic heterocycles. The van der Waals surface area contributed by atoms with Gasteiger partial charge in [-0.25, -0.2) is 18.0 Å². The van der Waals surface area contributed by atoms with Crippen LogP contribution in [0.15, 0.2) is 53.4 Å². The average molecular weight is 391 g/mol. The summed E-state index contributed by atoms with van der Waals surface area (Å²) in [7, 11) is -2.41. The summed E-state index contributed by atoms with van der Waals surface area (Å²) in [5.74, 6) is -0.804. The molecule has 2 aromatic rings. The van der Waals surface area contributed by atoms with Crippen LogP contribution in [0.25, 0.3) is 0 Å². The molecule has 1 heterocycles. The van der Waals surface area contributed by atoms with Gasteiger partial charge in [-0.3, -0.25) is 4.72 Å². The molecule has 142 valence electrons. The monoisotopic (exact) mass is 391 g/mol. The van der Waals surface area contributed by atoms with Crippen LogP contribution in [0.5, 0.6) is 5.75 Å². The Kier molecular flexibility index (Phi) is 5.31. The number of rotatable bonds is 6. The van der Waals surface area contributed by atoms with Gasteiger partial charge in [-0.05, 0) is 42.5 Å². The predicted molar refractivity (Wildman–Crippen MR) is 95.0 cm³/mol. The minimum absolute atomic E-state index is 0.0207. The van der Waals surface area contributed by atoms with E-state index in [1.165, 1.54) is 31.4 Å². The molecule has 1 aliphatic rings. The summed E-state index contributed by atoms with van der Waals surface area (Å²) in [5, 5.41) is 0. The molecule has 0 spiro atoms. The molecule has 1 saturated heterocycles. The van der Waals surface area contributed by atoms with Crippen LogP contribution in [0.1, 0.15) is 16.8 Å². The van der Waals surface area contributed by atoms with E-state index in [1.807, 2.05) is 0 Å². The Bertz CT molecular complexity index is 954. The van der Waals surface area contributed by atoms with Crippen molar-refractivity contribution in [1.29, 1.82) is 0 Å². The number of esters is 2. The Morgan fingerprint density at radius 1 is 1.19 bits per heavy atom. The third kappa shape index (κ3) is 4.37. The summed E-state index contributed by atoms with van der Waals surface area (Å²) in [6.07, 6.45) is -0.683. The van der Waals surface area contributed by atoms with Crippen molar-refractivity contribution in [2.45, 2.75) is 17.4 Å².